The Bertz CT molecular complexity index is 1740. The second-order valence-electron chi connectivity index (χ2n) is 26.0. The number of phosphoric acid groups is 2. The van der Waals surface area contributed by atoms with Crippen molar-refractivity contribution in [3.8, 4) is 0 Å². The topological polar surface area (TPSA) is 237 Å². The number of hydrogen-bond acceptors (Lipinski definition) is 15. The number of aliphatic hydroxyl groups is 1. The second-order valence-corrected chi connectivity index (χ2v) is 28.9. The lowest BCUT2D eigenvalue weighted by atomic mass is 10.00. The van der Waals surface area contributed by atoms with Gasteiger partial charge in [-0.05, 0) is 37.5 Å². The minimum Gasteiger partial charge on any atom is -0.462 e. The molecule has 17 nitrogen and oxygen atoms in total. The maximum atomic E-state index is 13.0. The van der Waals surface area contributed by atoms with Gasteiger partial charge in [-0.25, -0.2) is 9.13 Å². The lowest BCUT2D eigenvalue weighted by molar-refractivity contribution is -0.161. The van der Waals surface area contributed by atoms with Gasteiger partial charge in [0.2, 0.25) is 0 Å². The Hall–Kier alpha value is -1.94. The van der Waals surface area contributed by atoms with Gasteiger partial charge in [-0.3, -0.25) is 37.3 Å². The van der Waals surface area contributed by atoms with E-state index in [-0.39, 0.29) is 25.7 Å². The quantitative estimate of drug-likeness (QED) is 0.0222. The van der Waals surface area contributed by atoms with Crippen LogP contribution in [0.3, 0.4) is 0 Å². The van der Waals surface area contributed by atoms with Gasteiger partial charge in [-0.1, -0.05) is 305 Å². The van der Waals surface area contributed by atoms with Gasteiger partial charge in [-0.15, -0.1) is 0 Å². The van der Waals surface area contributed by atoms with Crippen molar-refractivity contribution in [1.29, 1.82) is 0 Å². The Kier molecular flexibility index (Phi) is 60.8. The van der Waals surface area contributed by atoms with Gasteiger partial charge in [-0.2, -0.15) is 0 Å². The first-order valence-corrected chi connectivity index (χ1v) is 39.5. The third kappa shape index (κ3) is 63.2. The van der Waals surface area contributed by atoms with Crippen molar-refractivity contribution >= 4 is 39.5 Å². The van der Waals surface area contributed by atoms with Crippen LogP contribution in [0.25, 0.3) is 0 Å². The van der Waals surface area contributed by atoms with Crippen LogP contribution in [-0.4, -0.2) is 96.7 Å². The highest BCUT2D eigenvalue weighted by Gasteiger charge is 2.30. The van der Waals surface area contributed by atoms with E-state index in [1.54, 1.807) is 0 Å². The van der Waals surface area contributed by atoms with Crippen molar-refractivity contribution in [2.75, 3.05) is 39.6 Å². The maximum absolute atomic E-state index is 13.0. The predicted octanol–water partition coefficient (Wildman–Crippen LogP) is 20.0. The number of hydrogen-bond donors (Lipinski definition) is 3. The molecule has 0 rings (SSSR count). The molecule has 0 radical (unpaired) electrons. The molecule has 0 spiro atoms. The normalized spacial score (nSPS) is 14.4. The number of aliphatic hydroxyl groups excluding tert-OH is 1. The molecule has 19 heteroatoms. The zero-order chi connectivity index (χ0) is 65.7. The number of ether oxygens (including phenoxy) is 4. The van der Waals surface area contributed by atoms with E-state index in [0.717, 1.165) is 108 Å². The van der Waals surface area contributed by atoms with Crippen LogP contribution in [0, 0.1) is 11.8 Å². The summed E-state index contributed by atoms with van der Waals surface area (Å²) >= 11 is 0. The molecule has 0 bridgehead atoms. The summed E-state index contributed by atoms with van der Waals surface area (Å²) in [7, 11) is -9.90. The average molecular weight is 1310 g/mol. The summed E-state index contributed by atoms with van der Waals surface area (Å²) in [5.41, 5.74) is 0. The zero-order valence-corrected chi connectivity index (χ0v) is 59.5. The Morgan fingerprint density at radius 3 is 0.854 bits per heavy atom. The maximum Gasteiger partial charge on any atom is 0.472 e. The lowest BCUT2D eigenvalue weighted by Gasteiger charge is -2.21. The van der Waals surface area contributed by atoms with Crippen LogP contribution >= 0.6 is 15.6 Å². The minimum atomic E-state index is -4.95. The van der Waals surface area contributed by atoms with Crippen molar-refractivity contribution in [2.24, 2.45) is 11.8 Å². The highest BCUT2D eigenvalue weighted by Crippen LogP contribution is 2.45. The molecular formula is C70H136O17P2. The highest BCUT2D eigenvalue weighted by molar-refractivity contribution is 7.47. The Morgan fingerprint density at radius 1 is 0.326 bits per heavy atom. The van der Waals surface area contributed by atoms with Crippen LogP contribution in [0.2, 0.25) is 0 Å². The van der Waals surface area contributed by atoms with E-state index in [1.807, 2.05) is 0 Å². The number of rotatable bonds is 69. The third-order valence-electron chi connectivity index (χ3n) is 16.6. The molecule has 89 heavy (non-hydrogen) atoms. The first-order valence-electron chi connectivity index (χ1n) is 36.5. The van der Waals surface area contributed by atoms with Crippen LogP contribution in [-0.2, 0) is 65.4 Å². The van der Waals surface area contributed by atoms with Gasteiger partial charge in [0.05, 0.1) is 26.4 Å². The molecule has 0 aliphatic carbocycles. The van der Waals surface area contributed by atoms with E-state index in [1.165, 1.54) is 167 Å². The molecular weight excluding hydrogens is 1170 g/mol. The van der Waals surface area contributed by atoms with Gasteiger partial charge < -0.3 is 33.8 Å². The summed E-state index contributed by atoms with van der Waals surface area (Å²) in [5, 5.41) is 10.6. The molecule has 0 aliphatic heterocycles. The Labute approximate surface area is 543 Å². The SMILES string of the molecule is CCCCCCCCCCCCCCCCCCCC(=O)O[C@H](COC(=O)CCCCCCCCCCC(C)C)COP(=O)(O)OC[C@@H](O)COP(=O)(O)OC[C@@H](COC(=O)CCCCCCCCC(C)CC)OC(=O)CCCCCCCCCCCCC. The van der Waals surface area contributed by atoms with Gasteiger partial charge in [0, 0.05) is 25.7 Å². The van der Waals surface area contributed by atoms with Crippen molar-refractivity contribution in [3.63, 3.8) is 0 Å². The molecule has 0 fully saturated rings. The van der Waals surface area contributed by atoms with Crippen LogP contribution in [0.5, 0.6) is 0 Å². The summed E-state index contributed by atoms with van der Waals surface area (Å²) in [6.07, 6.45) is 47.2. The highest BCUT2D eigenvalue weighted by atomic mass is 31.2. The molecule has 0 saturated heterocycles. The Morgan fingerprint density at radius 2 is 0.573 bits per heavy atom. The molecule has 6 atom stereocenters. The number of esters is 4. The van der Waals surface area contributed by atoms with Crippen LogP contribution in [0.4, 0.5) is 0 Å². The molecule has 528 valence electrons. The fourth-order valence-corrected chi connectivity index (χ4v) is 12.1. The van der Waals surface area contributed by atoms with Gasteiger partial charge in [0.15, 0.2) is 12.2 Å². The van der Waals surface area contributed by atoms with Crippen molar-refractivity contribution in [2.45, 2.75) is 374 Å². The summed E-state index contributed by atoms with van der Waals surface area (Å²) in [5.74, 6) is -0.668. The second kappa shape index (κ2) is 62.2. The van der Waals surface area contributed by atoms with E-state index in [4.69, 9.17) is 37.0 Å². The summed E-state index contributed by atoms with van der Waals surface area (Å²) < 4.78 is 68.3. The number of phosphoric ester groups is 2. The molecule has 0 heterocycles. The zero-order valence-electron chi connectivity index (χ0n) is 57.7. The van der Waals surface area contributed by atoms with Crippen LogP contribution < -0.4 is 0 Å². The first kappa shape index (κ1) is 87.1. The van der Waals surface area contributed by atoms with Gasteiger partial charge in [0.1, 0.15) is 19.3 Å². The summed E-state index contributed by atoms with van der Waals surface area (Å²) in [4.78, 5) is 72.5. The minimum absolute atomic E-state index is 0.106. The van der Waals surface area contributed by atoms with Gasteiger partial charge in [0.25, 0.3) is 0 Å². The smallest absolute Gasteiger partial charge is 0.462 e. The molecule has 3 unspecified atom stereocenters. The van der Waals surface area contributed by atoms with Crippen molar-refractivity contribution in [3.05, 3.63) is 0 Å². The largest absolute Gasteiger partial charge is 0.472 e. The molecule has 0 aromatic carbocycles. The van der Waals surface area contributed by atoms with Crippen molar-refractivity contribution < 1.29 is 80.2 Å². The summed E-state index contributed by atoms with van der Waals surface area (Å²) in [6.45, 7) is 9.47. The molecule has 0 saturated carbocycles. The monoisotopic (exact) mass is 1310 g/mol. The van der Waals surface area contributed by atoms with Crippen LogP contribution in [0.15, 0.2) is 0 Å². The lowest BCUT2D eigenvalue weighted by Crippen LogP contribution is -2.30. The van der Waals surface area contributed by atoms with Gasteiger partial charge >= 0.3 is 39.5 Å². The first-order chi connectivity index (χ1) is 42.9. The molecule has 0 aliphatic rings. The van der Waals surface area contributed by atoms with E-state index in [9.17, 15) is 43.2 Å². The van der Waals surface area contributed by atoms with E-state index in [2.05, 4.69) is 41.5 Å². The Balaban J connectivity index is 5.23. The molecule has 0 aromatic heterocycles. The fourth-order valence-electron chi connectivity index (χ4n) is 10.6. The number of unbranched alkanes of at least 4 members (excludes halogenated alkanes) is 38. The van der Waals surface area contributed by atoms with Crippen LogP contribution in [0.1, 0.15) is 356 Å². The number of carbonyl (C=O) groups excluding carboxylic acids is 4. The van der Waals surface area contributed by atoms with E-state index >= 15 is 0 Å². The molecule has 0 aromatic rings. The third-order valence-corrected chi connectivity index (χ3v) is 18.5. The van der Waals surface area contributed by atoms with E-state index in [0.29, 0.717) is 25.7 Å². The van der Waals surface area contributed by atoms with E-state index < -0.39 is 97.5 Å². The number of carbonyl (C=O) groups is 4. The summed E-state index contributed by atoms with van der Waals surface area (Å²) in [6, 6.07) is 0. The predicted molar refractivity (Wildman–Crippen MR) is 358 cm³/mol. The molecule has 3 N–H and O–H groups in total. The fraction of sp³-hybridized carbons (Fsp3) is 0.943. The average Bonchev–Trinajstić information content (AvgIpc) is 3.67. The standard InChI is InChI=1S/C70H136O17P2/c1-7-10-12-14-16-18-20-21-22-23-24-25-27-29-35-43-49-55-70(75)86-65(58-80-67(72)52-46-40-33-31-30-32-38-44-50-62(4)5)60-84-88(76,77)82-56-64(71)57-83-89(78,79)85-61-66(59-81-68(73)53-47-41-37-36-39-45-51-63(6)9-3)87-69(74)54-48-42-34-28-26-19-17-15-13-11-8-2/h62-66,71H,7-61H2,1-6H3,(H,76,77)(H,78,79)/t63?,64-,65-,66-/m1/s1. The molecule has 0 amide bonds. The van der Waals surface area contributed by atoms with Crippen molar-refractivity contribution in [1.82, 2.24) is 0 Å².